The molecule has 0 radical (unpaired) electrons. The fraction of sp³-hybridized carbons (Fsp3) is 0.308. The first-order valence-corrected chi connectivity index (χ1v) is 7.62. The molecule has 0 aliphatic heterocycles. The van der Waals surface area contributed by atoms with E-state index in [2.05, 4.69) is 26.2 Å². The van der Waals surface area contributed by atoms with Crippen molar-refractivity contribution in [2.75, 3.05) is 11.1 Å². The van der Waals surface area contributed by atoms with Crippen molar-refractivity contribution in [2.24, 2.45) is 0 Å². The van der Waals surface area contributed by atoms with Gasteiger partial charge in [-0.25, -0.2) is 0 Å². The monoisotopic (exact) mass is 341 g/mol. The second-order valence-corrected chi connectivity index (χ2v) is 6.16. The number of hydrogen-bond donors (Lipinski definition) is 2. The Bertz CT molecular complexity index is 557. The van der Waals surface area contributed by atoms with Crippen molar-refractivity contribution in [3.05, 3.63) is 32.9 Å². The highest BCUT2D eigenvalue weighted by Crippen LogP contribution is 2.25. The third kappa shape index (κ3) is 3.84. The van der Waals surface area contributed by atoms with Crippen LogP contribution in [0.5, 0.6) is 5.88 Å². The molecule has 0 amide bonds. The number of nitrogen functional groups attached to an aromatic ring is 1. The van der Waals surface area contributed by atoms with Gasteiger partial charge in [-0.1, -0.05) is 0 Å². The van der Waals surface area contributed by atoms with Crippen molar-refractivity contribution in [1.29, 1.82) is 0 Å². The standard InChI is InChI=1S/C13H16BrN3OS/c1-8(2)18-13-10(15)3-4-12(17-13)16-7-11-9(14)5-6-19-11/h3-6,8H,7,15H2,1-2H3,(H,16,17). The summed E-state index contributed by atoms with van der Waals surface area (Å²) in [7, 11) is 0. The highest BCUT2D eigenvalue weighted by Gasteiger charge is 2.07. The predicted octanol–water partition coefficient (Wildman–Crippen LogP) is 3.89. The van der Waals surface area contributed by atoms with E-state index in [1.807, 2.05) is 31.4 Å². The first-order chi connectivity index (χ1) is 9.06. The minimum absolute atomic E-state index is 0.0523. The Hall–Kier alpha value is -1.27. The van der Waals surface area contributed by atoms with E-state index in [4.69, 9.17) is 10.5 Å². The molecule has 2 aromatic rings. The van der Waals surface area contributed by atoms with Crippen molar-refractivity contribution >= 4 is 38.8 Å². The summed E-state index contributed by atoms with van der Waals surface area (Å²) in [4.78, 5) is 5.60. The molecule has 6 heteroatoms. The lowest BCUT2D eigenvalue weighted by Gasteiger charge is -2.12. The van der Waals surface area contributed by atoms with Gasteiger partial charge in [-0.05, 0) is 53.4 Å². The summed E-state index contributed by atoms with van der Waals surface area (Å²) in [5.41, 5.74) is 6.38. The van der Waals surface area contributed by atoms with E-state index in [-0.39, 0.29) is 6.10 Å². The third-order valence-electron chi connectivity index (χ3n) is 2.36. The van der Waals surface area contributed by atoms with E-state index in [0.29, 0.717) is 11.6 Å². The van der Waals surface area contributed by atoms with Crippen LogP contribution in [-0.2, 0) is 6.54 Å². The Morgan fingerprint density at radius 2 is 2.21 bits per heavy atom. The van der Waals surface area contributed by atoms with Crippen LogP contribution in [0.15, 0.2) is 28.1 Å². The third-order valence-corrected chi connectivity index (χ3v) is 4.28. The van der Waals surface area contributed by atoms with Crippen LogP contribution in [-0.4, -0.2) is 11.1 Å². The van der Waals surface area contributed by atoms with E-state index in [1.54, 1.807) is 17.4 Å². The fourth-order valence-corrected chi connectivity index (χ4v) is 2.92. The topological polar surface area (TPSA) is 60.2 Å². The minimum atomic E-state index is 0.0523. The zero-order chi connectivity index (χ0) is 13.8. The summed E-state index contributed by atoms with van der Waals surface area (Å²) in [6, 6.07) is 5.69. The molecule has 4 nitrogen and oxygen atoms in total. The van der Waals surface area contributed by atoms with Gasteiger partial charge in [-0.3, -0.25) is 0 Å². The van der Waals surface area contributed by atoms with Crippen LogP contribution in [0.3, 0.4) is 0 Å². The first-order valence-electron chi connectivity index (χ1n) is 5.95. The number of thiophene rings is 1. The smallest absolute Gasteiger partial charge is 0.239 e. The van der Waals surface area contributed by atoms with Crippen molar-refractivity contribution in [1.82, 2.24) is 4.98 Å². The van der Waals surface area contributed by atoms with E-state index < -0.39 is 0 Å². The maximum absolute atomic E-state index is 5.83. The lowest BCUT2D eigenvalue weighted by Crippen LogP contribution is -2.10. The van der Waals surface area contributed by atoms with Gasteiger partial charge in [0.1, 0.15) is 5.82 Å². The van der Waals surface area contributed by atoms with Gasteiger partial charge in [-0.2, -0.15) is 4.98 Å². The van der Waals surface area contributed by atoms with Crippen molar-refractivity contribution < 1.29 is 4.74 Å². The number of aromatic nitrogens is 1. The van der Waals surface area contributed by atoms with Gasteiger partial charge in [0.25, 0.3) is 0 Å². The van der Waals surface area contributed by atoms with Crippen LogP contribution < -0.4 is 15.8 Å². The maximum atomic E-state index is 5.83. The molecular weight excluding hydrogens is 326 g/mol. The predicted molar refractivity (Wildman–Crippen MR) is 83.8 cm³/mol. The highest BCUT2D eigenvalue weighted by molar-refractivity contribution is 9.10. The molecule has 0 spiro atoms. The fourth-order valence-electron chi connectivity index (χ4n) is 1.49. The molecule has 19 heavy (non-hydrogen) atoms. The Kier molecular flexibility index (Phi) is 4.66. The van der Waals surface area contributed by atoms with Crippen LogP contribution in [0.2, 0.25) is 0 Å². The Morgan fingerprint density at radius 3 is 2.84 bits per heavy atom. The van der Waals surface area contributed by atoms with Gasteiger partial charge >= 0.3 is 0 Å². The number of hydrogen-bond acceptors (Lipinski definition) is 5. The molecule has 0 saturated carbocycles. The average Bonchev–Trinajstić information content (AvgIpc) is 2.75. The van der Waals surface area contributed by atoms with E-state index in [9.17, 15) is 0 Å². The molecule has 0 aliphatic rings. The Morgan fingerprint density at radius 1 is 1.42 bits per heavy atom. The molecule has 0 atom stereocenters. The van der Waals surface area contributed by atoms with Gasteiger partial charge < -0.3 is 15.8 Å². The number of rotatable bonds is 5. The number of pyridine rings is 1. The van der Waals surface area contributed by atoms with E-state index in [1.165, 1.54) is 4.88 Å². The van der Waals surface area contributed by atoms with Gasteiger partial charge in [0.05, 0.1) is 18.3 Å². The van der Waals surface area contributed by atoms with Gasteiger partial charge in [0, 0.05) is 9.35 Å². The number of nitrogens with zero attached hydrogens (tertiary/aromatic N) is 1. The summed E-state index contributed by atoms with van der Waals surface area (Å²) < 4.78 is 6.67. The minimum Gasteiger partial charge on any atom is -0.473 e. The zero-order valence-electron chi connectivity index (χ0n) is 10.8. The zero-order valence-corrected chi connectivity index (χ0v) is 13.2. The Balaban J connectivity index is 2.06. The lowest BCUT2D eigenvalue weighted by atomic mass is 10.3. The summed E-state index contributed by atoms with van der Waals surface area (Å²) in [5.74, 6) is 1.23. The number of nitrogens with one attached hydrogen (secondary N) is 1. The number of anilines is 2. The molecule has 102 valence electrons. The molecule has 3 N–H and O–H groups in total. The summed E-state index contributed by atoms with van der Waals surface area (Å²) in [5, 5.41) is 5.31. The SMILES string of the molecule is CC(C)Oc1nc(NCc2sccc2Br)ccc1N. The van der Waals surface area contributed by atoms with Crippen LogP contribution in [0.4, 0.5) is 11.5 Å². The lowest BCUT2D eigenvalue weighted by molar-refractivity contribution is 0.234. The molecule has 0 bridgehead atoms. The van der Waals surface area contributed by atoms with Gasteiger partial charge in [0.15, 0.2) is 0 Å². The summed E-state index contributed by atoms with van der Waals surface area (Å²) in [6.45, 7) is 4.62. The van der Waals surface area contributed by atoms with Gasteiger partial charge in [0.2, 0.25) is 5.88 Å². The molecule has 0 aromatic carbocycles. The number of halogens is 1. The largest absolute Gasteiger partial charge is 0.473 e. The van der Waals surface area contributed by atoms with E-state index in [0.717, 1.165) is 16.8 Å². The van der Waals surface area contributed by atoms with Crippen LogP contribution >= 0.6 is 27.3 Å². The van der Waals surface area contributed by atoms with Crippen molar-refractivity contribution in [3.63, 3.8) is 0 Å². The molecule has 0 aliphatic carbocycles. The van der Waals surface area contributed by atoms with E-state index >= 15 is 0 Å². The summed E-state index contributed by atoms with van der Waals surface area (Å²) in [6.07, 6.45) is 0.0523. The molecule has 0 saturated heterocycles. The Labute approximate surface area is 125 Å². The van der Waals surface area contributed by atoms with Crippen molar-refractivity contribution in [3.8, 4) is 5.88 Å². The maximum Gasteiger partial charge on any atom is 0.239 e. The number of nitrogens with two attached hydrogens (primary N) is 1. The second kappa shape index (κ2) is 6.25. The van der Waals surface area contributed by atoms with Crippen LogP contribution in [0.1, 0.15) is 18.7 Å². The normalized spacial score (nSPS) is 10.7. The molecule has 0 fully saturated rings. The summed E-state index contributed by atoms with van der Waals surface area (Å²) >= 11 is 5.20. The first kappa shape index (κ1) is 14.1. The molecule has 0 unspecified atom stereocenters. The molecular formula is C13H16BrN3OS. The molecule has 2 rings (SSSR count). The molecule has 2 heterocycles. The highest BCUT2D eigenvalue weighted by atomic mass is 79.9. The number of ether oxygens (including phenoxy) is 1. The van der Waals surface area contributed by atoms with Crippen LogP contribution in [0.25, 0.3) is 0 Å². The molecule has 2 aromatic heterocycles. The van der Waals surface area contributed by atoms with Crippen molar-refractivity contribution in [2.45, 2.75) is 26.5 Å². The second-order valence-electron chi connectivity index (χ2n) is 4.30. The quantitative estimate of drug-likeness (QED) is 0.866. The van der Waals surface area contributed by atoms with Crippen LogP contribution in [0, 0.1) is 0 Å². The van der Waals surface area contributed by atoms with Gasteiger partial charge in [-0.15, -0.1) is 11.3 Å². The average molecular weight is 342 g/mol.